The monoisotopic (exact) mass is 292 g/mol. The Kier molecular flexibility index (Phi) is 6.01. The maximum atomic E-state index is 12.3. The van der Waals surface area contributed by atoms with Gasteiger partial charge in [-0.3, -0.25) is 14.2 Å². The van der Waals surface area contributed by atoms with Crippen LogP contribution >= 0.6 is 7.37 Å². The summed E-state index contributed by atoms with van der Waals surface area (Å²) in [6.45, 7) is 0. The molecule has 0 aromatic carbocycles. The number of carbonyl (C=O) groups is 2. The zero-order valence-electron chi connectivity index (χ0n) is 10.8. The largest absolute Gasteiger partial charge is 0.481 e. The fraction of sp³-hybridized carbons (Fsp3) is 0.833. The van der Waals surface area contributed by atoms with Crippen molar-refractivity contribution in [2.75, 3.05) is 6.16 Å². The molecule has 0 aliphatic heterocycles. The highest BCUT2D eigenvalue weighted by Gasteiger charge is 2.36. The summed E-state index contributed by atoms with van der Waals surface area (Å²) in [6.07, 6.45) is 3.50. The van der Waals surface area contributed by atoms with E-state index in [0.29, 0.717) is 12.8 Å². The lowest BCUT2D eigenvalue weighted by molar-refractivity contribution is -0.142. The average Bonchev–Trinajstić information content (AvgIpc) is 2.35. The van der Waals surface area contributed by atoms with Crippen LogP contribution in [0.2, 0.25) is 0 Å². The van der Waals surface area contributed by atoms with Crippen LogP contribution in [0.3, 0.4) is 0 Å². The summed E-state index contributed by atoms with van der Waals surface area (Å²) in [5.74, 6) is -3.32. The van der Waals surface area contributed by atoms with Crippen molar-refractivity contribution in [2.45, 2.75) is 50.6 Å². The highest BCUT2D eigenvalue weighted by molar-refractivity contribution is 7.58. The maximum absolute atomic E-state index is 12.3. The third kappa shape index (κ3) is 5.33. The molecular weight excluding hydrogens is 271 g/mol. The van der Waals surface area contributed by atoms with E-state index in [9.17, 15) is 19.0 Å². The summed E-state index contributed by atoms with van der Waals surface area (Å²) in [4.78, 5) is 31.6. The number of rotatable bonds is 7. The van der Waals surface area contributed by atoms with Gasteiger partial charge in [-0.25, -0.2) is 0 Å². The Morgan fingerprint density at radius 3 is 2.21 bits per heavy atom. The second-order valence-electron chi connectivity index (χ2n) is 5.20. The fourth-order valence-corrected chi connectivity index (χ4v) is 4.98. The van der Waals surface area contributed by atoms with E-state index in [0.717, 1.165) is 19.3 Å². The fourth-order valence-electron chi connectivity index (χ4n) is 2.54. The SMILES string of the molecule is O=C(O)CCC(CP(=O)(O)C1CCCCC1)C(=O)O. The Hall–Kier alpha value is -0.870. The molecule has 0 amide bonds. The van der Waals surface area contributed by atoms with Crippen molar-refractivity contribution in [3.63, 3.8) is 0 Å². The standard InChI is InChI=1S/C12H21O6P/c13-11(14)7-6-9(12(15)16)8-19(17,18)10-4-2-1-3-5-10/h9-10H,1-8H2,(H,13,14)(H,15,16)(H,17,18). The molecule has 0 radical (unpaired) electrons. The molecule has 0 saturated heterocycles. The zero-order chi connectivity index (χ0) is 14.5. The van der Waals surface area contributed by atoms with Crippen LogP contribution in [0.5, 0.6) is 0 Å². The smallest absolute Gasteiger partial charge is 0.307 e. The van der Waals surface area contributed by atoms with Gasteiger partial charge in [0.25, 0.3) is 0 Å². The van der Waals surface area contributed by atoms with E-state index in [4.69, 9.17) is 10.2 Å². The summed E-state index contributed by atoms with van der Waals surface area (Å²) >= 11 is 0. The first-order valence-electron chi connectivity index (χ1n) is 6.59. The number of carboxylic acids is 2. The molecule has 6 nitrogen and oxygen atoms in total. The van der Waals surface area contributed by atoms with E-state index in [2.05, 4.69) is 0 Å². The molecule has 7 heteroatoms. The Morgan fingerprint density at radius 2 is 1.74 bits per heavy atom. The van der Waals surface area contributed by atoms with Gasteiger partial charge in [-0.05, 0) is 19.3 Å². The van der Waals surface area contributed by atoms with Crippen LogP contribution in [0, 0.1) is 5.92 Å². The third-order valence-electron chi connectivity index (χ3n) is 3.68. The lowest BCUT2D eigenvalue weighted by Crippen LogP contribution is -2.24. The molecule has 2 atom stereocenters. The summed E-state index contributed by atoms with van der Waals surface area (Å²) < 4.78 is 12.3. The first kappa shape index (κ1) is 16.2. The van der Waals surface area contributed by atoms with Crippen LogP contribution in [0.15, 0.2) is 0 Å². The highest BCUT2D eigenvalue weighted by Crippen LogP contribution is 2.53. The van der Waals surface area contributed by atoms with Crippen LogP contribution in [0.4, 0.5) is 0 Å². The molecule has 19 heavy (non-hydrogen) atoms. The first-order chi connectivity index (χ1) is 8.83. The zero-order valence-corrected chi connectivity index (χ0v) is 11.7. The Balaban J connectivity index is 2.62. The second-order valence-corrected chi connectivity index (χ2v) is 7.80. The van der Waals surface area contributed by atoms with E-state index in [-0.39, 0.29) is 24.7 Å². The van der Waals surface area contributed by atoms with Gasteiger partial charge in [-0.15, -0.1) is 0 Å². The van der Waals surface area contributed by atoms with Crippen molar-refractivity contribution in [3.05, 3.63) is 0 Å². The van der Waals surface area contributed by atoms with Crippen molar-refractivity contribution in [3.8, 4) is 0 Å². The van der Waals surface area contributed by atoms with Gasteiger partial charge in [0.05, 0.1) is 5.92 Å². The van der Waals surface area contributed by atoms with Crippen molar-refractivity contribution >= 4 is 19.3 Å². The second kappa shape index (κ2) is 7.06. The van der Waals surface area contributed by atoms with Crippen LogP contribution in [0.25, 0.3) is 0 Å². The molecule has 110 valence electrons. The van der Waals surface area contributed by atoms with Crippen LogP contribution in [0.1, 0.15) is 44.9 Å². The number of carboxylic acid groups (broad SMARTS) is 2. The molecule has 2 unspecified atom stereocenters. The number of hydrogen-bond donors (Lipinski definition) is 3. The molecule has 1 aliphatic carbocycles. The quantitative estimate of drug-likeness (QED) is 0.620. The van der Waals surface area contributed by atoms with Gasteiger partial charge < -0.3 is 15.1 Å². The predicted molar refractivity (Wildman–Crippen MR) is 69.6 cm³/mol. The van der Waals surface area contributed by atoms with Gasteiger partial charge in [0, 0.05) is 18.2 Å². The van der Waals surface area contributed by atoms with Crippen molar-refractivity contribution < 1.29 is 29.3 Å². The topological polar surface area (TPSA) is 112 Å². The van der Waals surface area contributed by atoms with Gasteiger partial charge >= 0.3 is 11.9 Å². The lowest BCUT2D eigenvalue weighted by atomic mass is 10.0. The van der Waals surface area contributed by atoms with E-state index in [1.807, 2.05) is 0 Å². The third-order valence-corrected chi connectivity index (χ3v) is 6.30. The minimum Gasteiger partial charge on any atom is -0.481 e. The molecule has 0 aromatic rings. The lowest BCUT2D eigenvalue weighted by Gasteiger charge is -2.28. The van der Waals surface area contributed by atoms with Crippen molar-refractivity contribution in [1.82, 2.24) is 0 Å². The molecule has 0 heterocycles. The molecule has 3 N–H and O–H groups in total. The number of hydrogen-bond acceptors (Lipinski definition) is 3. The summed E-state index contributed by atoms with van der Waals surface area (Å²) in [6, 6.07) is 0. The molecule has 1 aliphatic rings. The predicted octanol–water partition coefficient (Wildman–Crippen LogP) is 2.16. The molecule has 0 spiro atoms. The van der Waals surface area contributed by atoms with E-state index in [1.165, 1.54) is 0 Å². The van der Waals surface area contributed by atoms with Gasteiger partial charge in [-0.1, -0.05) is 19.3 Å². The molecule has 1 fully saturated rings. The molecule has 1 saturated carbocycles. The normalized spacial score (nSPS) is 21.5. The molecule has 0 aromatic heterocycles. The average molecular weight is 292 g/mol. The Labute approximate surface area is 112 Å². The van der Waals surface area contributed by atoms with Crippen molar-refractivity contribution in [2.24, 2.45) is 5.92 Å². The first-order valence-corrected chi connectivity index (χ1v) is 8.50. The van der Waals surface area contributed by atoms with Gasteiger partial charge in [0.2, 0.25) is 7.37 Å². The van der Waals surface area contributed by atoms with Crippen LogP contribution in [-0.2, 0) is 14.2 Å². The summed E-state index contributed by atoms with van der Waals surface area (Å²) in [5.41, 5.74) is -0.312. The molecular formula is C12H21O6P. The maximum Gasteiger partial charge on any atom is 0.307 e. The molecule has 1 rings (SSSR count). The van der Waals surface area contributed by atoms with E-state index >= 15 is 0 Å². The van der Waals surface area contributed by atoms with Crippen molar-refractivity contribution in [1.29, 1.82) is 0 Å². The minimum absolute atomic E-state index is 0.0953. The van der Waals surface area contributed by atoms with Crippen LogP contribution in [-0.4, -0.2) is 38.9 Å². The minimum atomic E-state index is -3.51. The summed E-state index contributed by atoms with van der Waals surface area (Å²) in [7, 11) is -3.51. The van der Waals surface area contributed by atoms with Gasteiger partial charge in [0.1, 0.15) is 0 Å². The van der Waals surface area contributed by atoms with Crippen LogP contribution < -0.4 is 0 Å². The summed E-state index contributed by atoms with van der Waals surface area (Å²) in [5, 5.41) is 17.6. The highest BCUT2D eigenvalue weighted by atomic mass is 31.2. The van der Waals surface area contributed by atoms with E-state index in [1.54, 1.807) is 0 Å². The Morgan fingerprint density at radius 1 is 1.16 bits per heavy atom. The number of aliphatic carboxylic acids is 2. The van der Waals surface area contributed by atoms with Gasteiger partial charge in [0.15, 0.2) is 0 Å². The van der Waals surface area contributed by atoms with Gasteiger partial charge in [-0.2, -0.15) is 0 Å². The molecule has 0 bridgehead atoms. The Bertz CT molecular complexity index is 374. The van der Waals surface area contributed by atoms with E-state index < -0.39 is 25.2 Å².